The Morgan fingerprint density at radius 1 is 1.29 bits per heavy atom. The van der Waals surface area contributed by atoms with Gasteiger partial charge in [-0.25, -0.2) is 0 Å². The molecule has 0 saturated carbocycles. The summed E-state index contributed by atoms with van der Waals surface area (Å²) in [6, 6.07) is 9.78. The van der Waals surface area contributed by atoms with Crippen LogP contribution < -0.4 is 5.32 Å². The van der Waals surface area contributed by atoms with Crippen LogP contribution >= 0.6 is 23.1 Å². The van der Waals surface area contributed by atoms with Gasteiger partial charge in [0.05, 0.1) is 10.1 Å². The highest BCUT2D eigenvalue weighted by Crippen LogP contribution is 2.29. The van der Waals surface area contributed by atoms with Gasteiger partial charge in [-0.15, -0.1) is 21.5 Å². The molecule has 2 heterocycles. The van der Waals surface area contributed by atoms with E-state index in [1.165, 1.54) is 28.7 Å². The molecule has 0 aliphatic rings. The molecular weight excluding hydrogens is 342 g/mol. The quantitative estimate of drug-likeness (QED) is 0.678. The summed E-state index contributed by atoms with van der Waals surface area (Å²) in [4.78, 5) is 13.3. The first-order chi connectivity index (χ1) is 11.5. The maximum atomic E-state index is 12.4. The first-order valence-electron chi connectivity index (χ1n) is 7.45. The Morgan fingerprint density at radius 2 is 2.12 bits per heavy atom. The lowest BCUT2D eigenvalue weighted by atomic mass is 10.1. The van der Waals surface area contributed by atoms with Crippen molar-refractivity contribution in [3.05, 3.63) is 46.8 Å². The van der Waals surface area contributed by atoms with Gasteiger partial charge in [0.2, 0.25) is 5.91 Å². The summed E-state index contributed by atoms with van der Waals surface area (Å²) in [5.74, 6) is 0.386. The molecule has 0 bridgehead atoms. The van der Waals surface area contributed by atoms with Crippen molar-refractivity contribution < 1.29 is 9.21 Å². The van der Waals surface area contributed by atoms with Gasteiger partial charge < -0.3 is 9.73 Å². The molecule has 1 unspecified atom stereocenters. The van der Waals surface area contributed by atoms with Crippen molar-refractivity contribution in [2.45, 2.75) is 31.2 Å². The number of rotatable bonds is 5. The third kappa shape index (κ3) is 3.85. The minimum atomic E-state index is -0.345. The summed E-state index contributed by atoms with van der Waals surface area (Å²) in [7, 11) is 0. The van der Waals surface area contributed by atoms with E-state index in [0.717, 1.165) is 16.1 Å². The topological polar surface area (TPSA) is 68.0 Å². The normalized spacial score (nSPS) is 12.1. The van der Waals surface area contributed by atoms with Crippen molar-refractivity contribution in [2.75, 3.05) is 5.32 Å². The maximum Gasteiger partial charge on any atom is 0.277 e. The van der Waals surface area contributed by atoms with Crippen LogP contribution in [0.5, 0.6) is 0 Å². The van der Waals surface area contributed by atoms with Crippen LogP contribution in [0.15, 0.2) is 45.4 Å². The first-order valence-corrected chi connectivity index (χ1v) is 9.21. The molecule has 0 radical (unpaired) electrons. The van der Waals surface area contributed by atoms with E-state index in [-0.39, 0.29) is 11.2 Å². The molecule has 5 nitrogen and oxygen atoms in total. The SMILES string of the molecule is Cc1ccc(NC(=O)C(C)Sc2nnc(-c3cccs3)o2)c(C)c1. The number of nitrogens with one attached hydrogen (secondary N) is 1. The van der Waals surface area contributed by atoms with Crippen molar-refractivity contribution in [1.29, 1.82) is 0 Å². The lowest BCUT2D eigenvalue weighted by Gasteiger charge is -2.12. The first kappa shape index (κ1) is 16.7. The zero-order chi connectivity index (χ0) is 17.1. The lowest BCUT2D eigenvalue weighted by Crippen LogP contribution is -2.22. The summed E-state index contributed by atoms with van der Waals surface area (Å²) in [5.41, 5.74) is 3.03. The van der Waals surface area contributed by atoms with Crippen LogP contribution in [0.25, 0.3) is 10.8 Å². The van der Waals surface area contributed by atoms with Crippen molar-refractivity contribution >= 4 is 34.7 Å². The van der Waals surface area contributed by atoms with Gasteiger partial charge >= 0.3 is 0 Å². The highest BCUT2D eigenvalue weighted by molar-refractivity contribution is 8.00. The Labute approximate surface area is 148 Å². The predicted octanol–water partition coefficient (Wildman–Crippen LogP) is 4.53. The second kappa shape index (κ2) is 7.19. The Bertz CT molecular complexity index is 843. The molecule has 2 aromatic heterocycles. The van der Waals surface area contributed by atoms with Gasteiger partial charge in [-0.3, -0.25) is 4.79 Å². The van der Waals surface area contributed by atoms with Gasteiger partial charge in [0.15, 0.2) is 0 Å². The molecule has 1 amide bonds. The molecule has 24 heavy (non-hydrogen) atoms. The number of aryl methyl sites for hydroxylation is 2. The summed E-state index contributed by atoms with van der Waals surface area (Å²) in [5, 5.41) is 13.0. The fourth-order valence-electron chi connectivity index (χ4n) is 2.15. The molecule has 3 rings (SSSR count). The Hall–Kier alpha value is -2.12. The number of thioether (sulfide) groups is 1. The van der Waals surface area contributed by atoms with Gasteiger partial charge in [-0.1, -0.05) is 35.5 Å². The van der Waals surface area contributed by atoms with Crippen LogP contribution in [0.3, 0.4) is 0 Å². The summed E-state index contributed by atoms with van der Waals surface area (Å²) in [6.07, 6.45) is 0. The minimum Gasteiger partial charge on any atom is -0.410 e. The van der Waals surface area contributed by atoms with Gasteiger partial charge in [-0.2, -0.15) is 0 Å². The number of aromatic nitrogens is 2. The Morgan fingerprint density at radius 3 is 2.83 bits per heavy atom. The number of carbonyl (C=O) groups is 1. The molecule has 3 aromatic rings. The number of thiophene rings is 1. The molecule has 124 valence electrons. The zero-order valence-electron chi connectivity index (χ0n) is 13.6. The van der Waals surface area contributed by atoms with E-state index >= 15 is 0 Å². The molecule has 0 aliphatic carbocycles. The van der Waals surface area contributed by atoms with Crippen LogP contribution in [-0.2, 0) is 4.79 Å². The van der Waals surface area contributed by atoms with E-state index < -0.39 is 0 Å². The molecule has 1 atom stereocenters. The fourth-order valence-corrected chi connectivity index (χ4v) is 3.48. The molecule has 0 spiro atoms. The second-order valence-corrected chi connectivity index (χ2v) is 7.66. The van der Waals surface area contributed by atoms with Gasteiger partial charge in [0.25, 0.3) is 11.1 Å². The van der Waals surface area contributed by atoms with Crippen LogP contribution in [0.4, 0.5) is 5.69 Å². The summed E-state index contributed by atoms with van der Waals surface area (Å²) >= 11 is 2.78. The number of benzene rings is 1. The van der Waals surface area contributed by atoms with Crippen LogP contribution in [-0.4, -0.2) is 21.4 Å². The molecular formula is C17H17N3O2S2. The van der Waals surface area contributed by atoms with E-state index in [1.807, 2.05) is 56.5 Å². The number of nitrogens with zero attached hydrogens (tertiary/aromatic N) is 2. The van der Waals surface area contributed by atoms with Gasteiger partial charge in [0.1, 0.15) is 0 Å². The summed E-state index contributed by atoms with van der Waals surface area (Å²) < 4.78 is 5.61. The molecule has 0 aliphatic heterocycles. The number of amides is 1. The van der Waals surface area contributed by atoms with Crippen molar-refractivity contribution in [1.82, 2.24) is 10.2 Å². The van der Waals surface area contributed by atoms with Gasteiger partial charge in [-0.05, 0) is 43.8 Å². The van der Waals surface area contributed by atoms with E-state index in [0.29, 0.717) is 11.1 Å². The predicted molar refractivity (Wildman–Crippen MR) is 97.5 cm³/mol. The van der Waals surface area contributed by atoms with E-state index in [4.69, 9.17) is 4.42 Å². The molecule has 0 saturated heterocycles. The van der Waals surface area contributed by atoms with E-state index in [1.54, 1.807) is 0 Å². The van der Waals surface area contributed by atoms with Gasteiger partial charge in [0, 0.05) is 5.69 Å². The number of hydrogen-bond donors (Lipinski definition) is 1. The third-order valence-corrected chi connectivity index (χ3v) is 5.22. The monoisotopic (exact) mass is 359 g/mol. The number of carbonyl (C=O) groups excluding carboxylic acids is 1. The highest BCUT2D eigenvalue weighted by atomic mass is 32.2. The zero-order valence-corrected chi connectivity index (χ0v) is 15.2. The van der Waals surface area contributed by atoms with Crippen LogP contribution in [0, 0.1) is 13.8 Å². The Kier molecular flexibility index (Phi) is 5.01. The van der Waals surface area contributed by atoms with Crippen LogP contribution in [0.1, 0.15) is 18.1 Å². The largest absolute Gasteiger partial charge is 0.410 e. The highest BCUT2D eigenvalue weighted by Gasteiger charge is 2.19. The van der Waals surface area contributed by atoms with Crippen molar-refractivity contribution in [3.63, 3.8) is 0 Å². The molecule has 0 fully saturated rings. The molecule has 1 N–H and O–H groups in total. The third-order valence-electron chi connectivity index (χ3n) is 3.43. The minimum absolute atomic E-state index is 0.0946. The molecule has 1 aromatic carbocycles. The Balaban J connectivity index is 1.64. The average Bonchev–Trinajstić information content (AvgIpc) is 3.20. The van der Waals surface area contributed by atoms with E-state index in [9.17, 15) is 4.79 Å². The number of anilines is 1. The lowest BCUT2D eigenvalue weighted by molar-refractivity contribution is -0.115. The van der Waals surface area contributed by atoms with Crippen LogP contribution in [0.2, 0.25) is 0 Å². The van der Waals surface area contributed by atoms with Crippen molar-refractivity contribution in [2.24, 2.45) is 0 Å². The molecule has 7 heteroatoms. The fraction of sp³-hybridized carbons (Fsp3) is 0.235. The summed E-state index contributed by atoms with van der Waals surface area (Å²) in [6.45, 7) is 5.82. The van der Waals surface area contributed by atoms with Crippen molar-refractivity contribution in [3.8, 4) is 10.8 Å². The second-order valence-electron chi connectivity index (χ2n) is 5.42. The average molecular weight is 359 g/mol. The smallest absolute Gasteiger partial charge is 0.277 e. The number of hydrogen-bond acceptors (Lipinski definition) is 6. The standard InChI is InChI=1S/C17H17N3O2S2/c1-10-6-7-13(11(2)9-10)18-15(21)12(3)24-17-20-19-16(22-17)14-5-4-8-23-14/h4-9,12H,1-3H3,(H,18,21). The van der Waals surface area contributed by atoms with E-state index in [2.05, 4.69) is 15.5 Å². The maximum absolute atomic E-state index is 12.4.